The first kappa shape index (κ1) is 11.7. The highest BCUT2D eigenvalue weighted by Gasteiger charge is 2.21. The number of piperidine rings is 1. The first-order valence-corrected chi connectivity index (χ1v) is 6.16. The van der Waals surface area contributed by atoms with E-state index in [1.807, 2.05) is 20.2 Å². The molecule has 88 valence electrons. The number of aryl methyl sites for hydroxylation is 1. The zero-order valence-corrected chi connectivity index (χ0v) is 10.6. The maximum atomic E-state index is 5.94. The lowest BCUT2D eigenvalue weighted by atomic mass is 10.1. The van der Waals surface area contributed by atoms with Crippen molar-refractivity contribution in [1.29, 1.82) is 0 Å². The summed E-state index contributed by atoms with van der Waals surface area (Å²) in [5.41, 5.74) is 2.21. The minimum Gasteiger partial charge on any atom is -0.355 e. The van der Waals surface area contributed by atoms with Crippen LogP contribution in [0.4, 0.5) is 5.69 Å². The average Bonchev–Trinajstić information content (AvgIpc) is 2.32. The minimum absolute atomic E-state index is 0.427. The van der Waals surface area contributed by atoms with Gasteiger partial charge in [0, 0.05) is 6.54 Å². The molecule has 0 aliphatic carbocycles. The van der Waals surface area contributed by atoms with E-state index in [1.165, 1.54) is 24.9 Å². The molecule has 0 bridgehead atoms. The van der Waals surface area contributed by atoms with Crippen molar-refractivity contribution in [3.63, 3.8) is 0 Å². The summed E-state index contributed by atoms with van der Waals surface area (Å²) in [6.07, 6.45) is 6.03. The molecule has 0 unspecified atom stereocenters. The van der Waals surface area contributed by atoms with Gasteiger partial charge in [0.1, 0.15) is 5.15 Å². The summed E-state index contributed by atoms with van der Waals surface area (Å²) < 4.78 is 0. The molecule has 0 spiro atoms. The second-order valence-electron chi connectivity index (χ2n) is 4.29. The number of rotatable bonds is 2. The summed E-state index contributed by atoms with van der Waals surface area (Å²) in [6.45, 7) is 3.09. The van der Waals surface area contributed by atoms with Crippen LogP contribution in [0.5, 0.6) is 0 Å². The molecule has 2 rings (SSSR count). The van der Waals surface area contributed by atoms with E-state index in [9.17, 15) is 0 Å². The summed E-state index contributed by atoms with van der Waals surface area (Å²) in [4.78, 5) is 6.59. The molecule has 0 radical (unpaired) electrons. The summed E-state index contributed by atoms with van der Waals surface area (Å²) >= 11 is 5.94. The van der Waals surface area contributed by atoms with Crippen LogP contribution in [0.2, 0.25) is 5.15 Å². The maximum Gasteiger partial charge on any atom is 0.132 e. The zero-order chi connectivity index (χ0) is 11.5. The summed E-state index contributed by atoms with van der Waals surface area (Å²) in [6, 6.07) is 2.12. The van der Waals surface area contributed by atoms with Crippen molar-refractivity contribution in [2.45, 2.75) is 32.4 Å². The predicted octanol–water partition coefficient (Wildman–Crippen LogP) is 2.58. The van der Waals surface area contributed by atoms with Crippen molar-refractivity contribution in [2.24, 2.45) is 0 Å². The van der Waals surface area contributed by atoms with Gasteiger partial charge in [0.2, 0.25) is 0 Å². The predicted molar refractivity (Wildman–Crippen MR) is 68.0 cm³/mol. The Bertz CT molecular complexity index is 367. The second-order valence-corrected chi connectivity index (χ2v) is 4.65. The molecule has 3 nitrogen and oxygen atoms in total. The zero-order valence-electron chi connectivity index (χ0n) is 9.83. The van der Waals surface area contributed by atoms with E-state index in [-0.39, 0.29) is 0 Å². The SMILES string of the molecule is CN[C@@H]1CCCCN1c1cnc(Cl)c(C)c1. The molecule has 1 aromatic rings. The molecule has 2 heterocycles. The Labute approximate surface area is 102 Å². The number of aromatic nitrogens is 1. The minimum atomic E-state index is 0.427. The fraction of sp³-hybridized carbons (Fsp3) is 0.583. The van der Waals surface area contributed by atoms with Crippen LogP contribution < -0.4 is 10.2 Å². The Morgan fingerprint density at radius 2 is 2.31 bits per heavy atom. The van der Waals surface area contributed by atoms with Crippen LogP contribution in [0.15, 0.2) is 12.3 Å². The van der Waals surface area contributed by atoms with Gasteiger partial charge in [0.05, 0.1) is 18.1 Å². The van der Waals surface area contributed by atoms with Crippen LogP contribution in [0.1, 0.15) is 24.8 Å². The third-order valence-electron chi connectivity index (χ3n) is 3.17. The van der Waals surface area contributed by atoms with E-state index in [1.54, 1.807) is 0 Å². The Balaban J connectivity index is 2.23. The molecule has 1 atom stereocenters. The van der Waals surface area contributed by atoms with Gasteiger partial charge in [-0.05, 0) is 44.9 Å². The lowest BCUT2D eigenvalue weighted by Crippen LogP contribution is -2.47. The average molecular weight is 240 g/mol. The van der Waals surface area contributed by atoms with Crippen LogP contribution in [0.3, 0.4) is 0 Å². The summed E-state index contributed by atoms with van der Waals surface area (Å²) in [5, 5.41) is 3.95. The van der Waals surface area contributed by atoms with E-state index in [0.29, 0.717) is 11.3 Å². The lowest BCUT2D eigenvalue weighted by molar-refractivity contribution is 0.418. The fourth-order valence-corrected chi connectivity index (χ4v) is 2.34. The topological polar surface area (TPSA) is 28.2 Å². The highest BCUT2D eigenvalue weighted by molar-refractivity contribution is 6.30. The maximum absolute atomic E-state index is 5.94. The molecule has 0 aromatic carbocycles. The highest BCUT2D eigenvalue weighted by Crippen LogP contribution is 2.25. The van der Waals surface area contributed by atoms with Crippen molar-refractivity contribution in [2.75, 3.05) is 18.5 Å². The van der Waals surface area contributed by atoms with Gasteiger partial charge in [-0.2, -0.15) is 0 Å². The Morgan fingerprint density at radius 3 is 3.00 bits per heavy atom. The van der Waals surface area contributed by atoms with Gasteiger partial charge in [0.25, 0.3) is 0 Å². The van der Waals surface area contributed by atoms with E-state index in [4.69, 9.17) is 11.6 Å². The van der Waals surface area contributed by atoms with Crippen LogP contribution >= 0.6 is 11.6 Å². The third-order valence-corrected chi connectivity index (χ3v) is 3.56. The molecule has 1 aliphatic rings. The normalized spacial score (nSPS) is 21.2. The molecular formula is C12H18ClN3. The molecule has 4 heteroatoms. The molecule has 1 fully saturated rings. The van der Waals surface area contributed by atoms with Crippen LogP contribution in [-0.2, 0) is 0 Å². The molecule has 0 amide bonds. The fourth-order valence-electron chi connectivity index (χ4n) is 2.24. The van der Waals surface area contributed by atoms with Crippen molar-refractivity contribution >= 4 is 17.3 Å². The Kier molecular flexibility index (Phi) is 3.66. The number of halogens is 1. The van der Waals surface area contributed by atoms with E-state index >= 15 is 0 Å². The number of nitrogens with one attached hydrogen (secondary N) is 1. The second kappa shape index (κ2) is 5.02. The summed E-state index contributed by atoms with van der Waals surface area (Å²) in [5.74, 6) is 0. The lowest BCUT2D eigenvalue weighted by Gasteiger charge is -2.37. The molecule has 1 aliphatic heterocycles. The van der Waals surface area contributed by atoms with Crippen LogP contribution in [-0.4, -0.2) is 24.7 Å². The van der Waals surface area contributed by atoms with Gasteiger partial charge in [0.15, 0.2) is 0 Å². The molecular weight excluding hydrogens is 222 g/mol. The number of pyridine rings is 1. The van der Waals surface area contributed by atoms with Gasteiger partial charge >= 0.3 is 0 Å². The molecule has 1 aromatic heterocycles. The number of hydrogen-bond donors (Lipinski definition) is 1. The molecule has 1 N–H and O–H groups in total. The van der Waals surface area contributed by atoms with Gasteiger partial charge < -0.3 is 10.2 Å². The molecule has 0 saturated carbocycles. The third kappa shape index (κ3) is 2.30. The van der Waals surface area contributed by atoms with Crippen molar-refractivity contribution in [1.82, 2.24) is 10.3 Å². The first-order chi connectivity index (χ1) is 7.72. The van der Waals surface area contributed by atoms with Gasteiger partial charge in [-0.15, -0.1) is 0 Å². The Morgan fingerprint density at radius 1 is 1.50 bits per heavy atom. The van der Waals surface area contributed by atoms with E-state index in [0.717, 1.165) is 12.1 Å². The monoisotopic (exact) mass is 239 g/mol. The first-order valence-electron chi connectivity index (χ1n) is 5.78. The van der Waals surface area contributed by atoms with Crippen LogP contribution in [0.25, 0.3) is 0 Å². The van der Waals surface area contributed by atoms with Crippen LogP contribution in [0, 0.1) is 6.92 Å². The standard InChI is InChI=1S/C12H18ClN3/c1-9-7-10(8-15-12(9)13)16-6-4-3-5-11(16)14-2/h7-8,11,14H,3-6H2,1-2H3/t11-/m0/s1. The smallest absolute Gasteiger partial charge is 0.132 e. The molecule has 1 saturated heterocycles. The Hall–Kier alpha value is -0.800. The highest BCUT2D eigenvalue weighted by atomic mass is 35.5. The number of nitrogens with zero attached hydrogens (tertiary/aromatic N) is 2. The van der Waals surface area contributed by atoms with Gasteiger partial charge in [-0.3, -0.25) is 0 Å². The van der Waals surface area contributed by atoms with Crippen molar-refractivity contribution in [3.8, 4) is 0 Å². The van der Waals surface area contributed by atoms with E-state index < -0.39 is 0 Å². The van der Waals surface area contributed by atoms with Gasteiger partial charge in [-0.25, -0.2) is 4.98 Å². The van der Waals surface area contributed by atoms with E-state index in [2.05, 4.69) is 21.3 Å². The van der Waals surface area contributed by atoms with Crippen molar-refractivity contribution < 1.29 is 0 Å². The summed E-state index contributed by atoms with van der Waals surface area (Å²) in [7, 11) is 2.01. The van der Waals surface area contributed by atoms with Gasteiger partial charge in [-0.1, -0.05) is 11.6 Å². The quantitative estimate of drug-likeness (QED) is 0.805. The molecule has 16 heavy (non-hydrogen) atoms. The number of hydrogen-bond acceptors (Lipinski definition) is 3. The largest absolute Gasteiger partial charge is 0.355 e. The number of anilines is 1. The van der Waals surface area contributed by atoms with Crippen molar-refractivity contribution in [3.05, 3.63) is 23.0 Å².